The van der Waals surface area contributed by atoms with Crippen LogP contribution >= 0.6 is 0 Å². The molecule has 0 unspecified atom stereocenters. The second kappa shape index (κ2) is 5.35. The second-order valence-corrected chi connectivity index (χ2v) is 3.62. The number of carbonyl (C=O) groups is 1. The minimum Gasteiger partial charge on any atom is -0.481 e. The predicted octanol–water partition coefficient (Wildman–Crippen LogP) is 3.18. The van der Waals surface area contributed by atoms with Crippen LogP contribution < -0.4 is 0 Å². The fourth-order valence-electron chi connectivity index (χ4n) is 1.37. The highest BCUT2D eigenvalue weighted by Gasteiger charge is 1.96. The number of aryl methyl sites for hydroxylation is 1. The third-order valence-corrected chi connectivity index (χ3v) is 2.47. The van der Waals surface area contributed by atoms with Crippen LogP contribution in [0.5, 0.6) is 0 Å². The number of hydrogen-bond donors (Lipinski definition) is 1. The van der Waals surface area contributed by atoms with Crippen molar-refractivity contribution >= 4 is 12.0 Å². The summed E-state index contributed by atoms with van der Waals surface area (Å²) in [6.45, 7) is 4.15. The molecular weight excluding hydrogens is 188 g/mol. The highest BCUT2D eigenvalue weighted by Crippen LogP contribution is 2.14. The Morgan fingerprint density at radius 1 is 1.40 bits per heavy atom. The van der Waals surface area contributed by atoms with Crippen molar-refractivity contribution < 1.29 is 9.90 Å². The second-order valence-electron chi connectivity index (χ2n) is 3.62. The average Bonchev–Trinajstić information content (AvgIpc) is 2.18. The highest BCUT2D eigenvalue weighted by atomic mass is 16.4. The molecule has 0 radical (unpaired) electrons. The molecule has 0 aromatic heterocycles. The van der Waals surface area contributed by atoms with E-state index in [0.717, 1.165) is 0 Å². The van der Waals surface area contributed by atoms with Gasteiger partial charge in [-0.15, -0.1) is 0 Å². The lowest BCUT2D eigenvalue weighted by molar-refractivity contribution is -0.136. The smallest absolute Gasteiger partial charge is 0.303 e. The van der Waals surface area contributed by atoms with Crippen molar-refractivity contribution in [3.05, 3.63) is 41.0 Å². The summed E-state index contributed by atoms with van der Waals surface area (Å²) in [6, 6.07) is 6.13. The van der Waals surface area contributed by atoms with Crippen LogP contribution in [0.25, 0.3) is 6.08 Å². The fourth-order valence-corrected chi connectivity index (χ4v) is 1.37. The molecule has 0 bridgehead atoms. The summed E-state index contributed by atoms with van der Waals surface area (Å²) in [5, 5.41) is 8.48. The van der Waals surface area contributed by atoms with Gasteiger partial charge in [-0.2, -0.15) is 0 Å². The minimum absolute atomic E-state index is 0.196. The lowest BCUT2D eigenvalue weighted by Gasteiger charge is -2.03. The van der Waals surface area contributed by atoms with E-state index in [2.05, 4.69) is 19.9 Å². The van der Waals surface area contributed by atoms with Crippen LogP contribution in [0, 0.1) is 13.8 Å². The standard InChI is InChI=1S/C13H16O2/c1-10-6-5-8-12(11(10)2)7-3-4-9-13(14)15/h3,5-8H,4,9H2,1-2H3,(H,14,15). The van der Waals surface area contributed by atoms with E-state index in [1.807, 2.05) is 24.3 Å². The predicted molar refractivity (Wildman–Crippen MR) is 61.8 cm³/mol. The van der Waals surface area contributed by atoms with Crippen LogP contribution in [0.15, 0.2) is 24.3 Å². The first-order chi connectivity index (χ1) is 7.11. The van der Waals surface area contributed by atoms with Crippen LogP contribution in [0.3, 0.4) is 0 Å². The van der Waals surface area contributed by atoms with Crippen molar-refractivity contribution in [3.8, 4) is 0 Å². The molecule has 0 amide bonds. The van der Waals surface area contributed by atoms with Crippen molar-refractivity contribution in [3.63, 3.8) is 0 Å². The minimum atomic E-state index is -0.749. The van der Waals surface area contributed by atoms with Crippen molar-refractivity contribution in [2.45, 2.75) is 26.7 Å². The summed E-state index contributed by atoms with van der Waals surface area (Å²) < 4.78 is 0. The molecule has 0 atom stereocenters. The lowest BCUT2D eigenvalue weighted by Crippen LogP contribution is -1.91. The SMILES string of the molecule is Cc1cccc(C=CCCC(=O)O)c1C. The van der Waals surface area contributed by atoms with Gasteiger partial charge in [-0.3, -0.25) is 4.79 Å². The zero-order valence-electron chi connectivity index (χ0n) is 9.16. The number of carboxylic acids is 1. The van der Waals surface area contributed by atoms with Gasteiger partial charge in [-0.1, -0.05) is 30.4 Å². The van der Waals surface area contributed by atoms with Crippen LogP contribution in [0.4, 0.5) is 0 Å². The van der Waals surface area contributed by atoms with E-state index in [1.165, 1.54) is 16.7 Å². The van der Waals surface area contributed by atoms with E-state index in [4.69, 9.17) is 5.11 Å². The van der Waals surface area contributed by atoms with Crippen molar-refractivity contribution in [1.29, 1.82) is 0 Å². The average molecular weight is 204 g/mol. The van der Waals surface area contributed by atoms with E-state index < -0.39 is 5.97 Å². The van der Waals surface area contributed by atoms with Crippen LogP contribution in [0.2, 0.25) is 0 Å². The summed E-state index contributed by atoms with van der Waals surface area (Å²) in [5.74, 6) is -0.749. The summed E-state index contributed by atoms with van der Waals surface area (Å²) in [4.78, 5) is 10.3. The van der Waals surface area contributed by atoms with E-state index >= 15 is 0 Å². The molecule has 1 N–H and O–H groups in total. The number of allylic oxidation sites excluding steroid dienone is 1. The first-order valence-corrected chi connectivity index (χ1v) is 5.06. The molecule has 0 fully saturated rings. The van der Waals surface area contributed by atoms with Gasteiger partial charge in [0.05, 0.1) is 0 Å². The maximum Gasteiger partial charge on any atom is 0.303 e. The summed E-state index contributed by atoms with van der Waals surface area (Å²) >= 11 is 0. The molecule has 15 heavy (non-hydrogen) atoms. The fraction of sp³-hybridized carbons (Fsp3) is 0.308. The molecule has 0 saturated heterocycles. The van der Waals surface area contributed by atoms with Crippen LogP contribution in [-0.4, -0.2) is 11.1 Å². The van der Waals surface area contributed by atoms with Crippen molar-refractivity contribution in [1.82, 2.24) is 0 Å². The summed E-state index contributed by atoms with van der Waals surface area (Å²) in [5.41, 5.74) is 3.68. The van der Waals surface area contributed by atoms with Gasteiger partial charge >= 0.3 is 5.97 Å². The Hall–Kier alpha value is -1.57. The molecule has 2 nitrogen and oxygen atoms in total. The third kappa shape index (κ3) is 3.58. The molecule has 0 aliphatic carbocycles. The Bertz CT molecular complexity index is 378. The zero-order chi connectivity index (χ0) is 11.3. The Kier molecular flexibility index (Phi) is 4.10. The first kappa shape index (κ1) is 11.5. The van der Waals surface area contributed by atoms with Crippen LogP contribution in [0.1, 0.15) is 29.5 Å². The van der Waals surface area contributed by atoms with Gasteiger partial charge in [0.15, 0.2) is 0 Å². The topological polar surface area (TPSA) is 37.3 Å². The Balaban J connectivity index is 2.64. The molecule has 1 aromatic rings. The molecule has 0 heterocycles. The van der Waals surface area contributed by atoms with Crippen molar-refractivity contribution in [2.75, 3.05) is 0 Å². The van der Waals surface area contributed by atoms with Gasteiger partial charge in [-0.25, -0.2) is 0 Å². The number of rotatable bonds is 4. The Morgan fingerprint density at radius 3 is 2.80 bits per heavy atom. The number of carboxylic acid groups (broad SMARTS) is 1. The Morgan fingerprint density at radius 2 is 2.13 bits per heavy atom. The maximum absolute atomic E-state index is 10.3. The van der Waals surface area contributed by atoms with E-state index in [1.54, 1.807) is 0 Å². The number of aliphatic carboxylic acids is 1. The number of benzene rings is 1. The van der Waals surface area contributed by atoms with E-state index in [-0.39, 0.29) is 6.42 Å². The molecule has 0 aliphatic heterocycles. The molecule has 2 heteroatoms. The first-order valence-electron chi connectivity index (χ1n) is 5.06. The van der Waals surface area contributed by atoms with Gasteiger partial charge in [0, 0.05) is 6.42 Å². The van der Waals surface area contributed by atoms with Gasteiger partial charge in [-0.05, 0) is 37.0 Å². The zero-order valence-corrected chi connectivity index (χ0v) is 9.16. The quantitative estimate of drug-likeness (QED) is 0.817. The monoisotopic (exact) mass is 204 g/mol. The normalized spacial score (nSPS) is 10.8. The molecule has 0 aliphatic rings. The molecular formula is C13H16O2. The number of hydrogen-bond acceptors (Lipinski definition) is 1. The van der Waals surface area contributed by atoms with Gasteiger partial charge in [0.1, 0.15) is 0 Å². The largest absolute Gasteiger partial charge is 0.481 e. The maximum atomic E-state index is 10.3. The van der Waals surface area contributed by atoms with Gasteiger partial charge < -0.3 is 5.11 Å². The Labute approximate surface area is 90.3 Å². The van der Waals surface area contributed by atoms with E-state index in [9.17, 15) is 4.79 Å². The molecule has 0 saturated carbocycles. The van der Waals surface area contributed by atoms with Gasteiger partial charge in [0.2, 0.25) is 0 Å². The van der Waals surface area contributed by atoms with Crippen LogP contribution in [-0.2, 0) is 4.79 Å². The summed E-state index contributed by atoms with van der Waals surface area (Å²) in [6.07, 6.45) is 4.69. The molecule has 1 rings (SSSR count). The molecule has 0 spiro atoms. The summed E-state index contributed by atoms with van der Waals surface area (Å²) in [7, 11) is 0. The lowest BCUT2D eigenvalue weighted by atomic mass is 10.0. The van der Waals surface area contributed by atoms with Gasteiger partial charge in [0.25, 0.3) is 0 Å². The highest BCUT2D eigenvalue weighted by molar-refractivity contribution is 5.67. The third-order valence-electron chi connectivity index (χ3n) is 2.47. The van der Waals surface area contributed by atoms with Crippen molar-refractivity contribution in [2.24, 2.45) is 0 Å². The molecule has 1 aromatic carbocycles. The molecule has 80 valence electrons. The van der Waals surface area contributed by atoms with E-state index in [0.29, 0.717) is 6.42 Å².